The lowest BCUT2D eigenvalue weighted by Crippen LogP contribution is -2.56. The Labute approximate surface area is 201 Å². The Balaban J connectivity index is 1.57. The maximum Gasteiger partial charge on any atom is 0.397 e. The molecule has 33 heavy (non-hydrogen) atoms. The topological polar surface area (TPSA) is 83.8 Å². The Hall–Kier alpha value is -0.430. The molecular formula is C27H46O5S. The molecule has 190 valence electrons. The highest BCUT2D eigenvalue weighted by Gasteiger charge is 2.61. The van der Waals surface area contributed by atoms with Gasteiger partial charge in [-0.05, 0) is 79.4 Å². The average molecular weight is 483 g/mol. The third-order valence-electron chi connectivity index (χ3n) is 10.6. The molecule has 0 aromatic heterocycles. The van der Waals surface area contributed by atoms with Gasteiger partial charge in [-0.15, -0.1) is 0 Å². The van der Waals surface area contributed by atoms with Crippen LogP contribution in [0.25, 0.3) is 0 Å². The highest BCUT2D eigenvalue weighted by molar-refractivity contribution is 7.80. The maximum absolute atomic E-state index is 11.7. The van der Waals surface area contributed by atoms with Crippen LogP contribution in [-0.2, 0) is 14.6 Å². The van der Waals surface area contributed by atoms with Gasteiger partial charge in [0.1, 0.15) is 0 Å². The van der Waals surface area contributed by atoms with Crippen LogP contribution < -0.4 is 0 Å². The van der Waals surface area contributed by atoms with Crippen LogP contribution in [0.1, 0.15) is 98.8 Å². The van der Waals surface area contributed by atoms with Crippen molar-refractivity contribution < 1.29 is 22.3 Å². The second-order valence-corrected chi connectivity index (χ2v) is 13.8. The van der Waals surface area contributed by atoms with E-state index in [0.29, 0.717) is 29.6 Å². The van der Waals surface area contributed by atoms with Crippen molar-refractivity contribution in [1.82, 2.24) is 0 Å². The zero-order chi connectivity index (χ0) is 24.2. The monoisotopic (exact) mass is 482 g/mol. The van der Waals surface area contributed by atoms with Crippen LogP contribution in [0.15, 0.2) is 11.6 Å². The molecule has 3 saturated carbocycles. The van der Waals surface area contributed by atoms with Crippen molar-refractivity contribution in [3.8, 4) is 0 Å². The maximum atomic E-state index is 11.7. The number of hydrogen-bond acceptors (Lipinski definition) is 4. The molecule has 6 heteroatoms. The average Bonchev–Trinajstić information content (AvgIpc) is 3.05. The first-order chi connectivity index (χ1) is 15.4. The Kier molecular flexibility index (Phi) is 7.17. The van der Waals surface area contributed by atoms with Crippen molar-refractivity contribution in [2.24, 2.45) is 46.3 Å². The molecule has 9 atom stereocenters. The van der Waals surface area contributed by atoms with Gasteiger partial charge in [-0.1, -0.05) is 65.5 Å². The molecule has 4 rings (SSSR count). The molecule has 1 unspecified atom stereocenters. The van der Waals surface area contributed by atoms with Gasteiger partial charge in [0.2, 0.25) is 0 Å². The first kappa shape index (κ1) is 25.7. The summed E-state index contributed by atoms with van der Waals surface area (Å²) in [6.07, 6.45) is 11.6. The fraction of sp³-hybridized carbons (Fsp3) is 0.926. The van der Waals surface area contributed by atoms with Crippen molar-refractivity contribution in [3.05, 3.63) is 11.6 Å². The van der Waals surface area contributed by atoms with Gasteiger partial charge >= 0.3 is 10.4 Å². The number of rotatable bonds is 7. The highest BCUT2D eigenvalue weighted by atomic mass is 32.3. The van der Waals surface area contributed by atoms with Gasteiger partial charge in [0, 0.05) is 11.8 Å². The van der Waals surface area contributed by atoms with Crippen molar-refractivity contribution in [3.63, 3.8) is 0 Å². The number of aliphatic hydroxyl groups is 1. The summed E-state index contributed by atoms with van der Waals surface area (Å²) in [6.45, 7) is 11.8. The first-order valence-electron chi connectivity index (χ1n) is 13.4. The zero-order valence-corrected chi connectivity index (χ0v) is 22.1. The SMILES string of the molecule is CC(C)CCC[C@@H](C)[C@H]1CC[C@H]2[C@@H]3CC=C4C[C@@H](O)CC(OS(=O)(=O)O)[C@]4(C)[C@H]3CC[C@]12C. The zero-order valence-electron chi connectivity index (χ0n) is 21.3. The second kappa shape index (κ2) is 9.22. The van der Waals surface area contributed by atoms with E-state index < -0.39 is 28.0 Å². The minimum Gasteiger partial charge on any atom is -0.393 e. The van der Waals surface area contributed by atoms with Gasteiger partial charge < -0.3 is 5.11 Å². The smallest absolute Gasteiger partial charge is 0.393 e. The van der Waals surface area contributed by atoms with E-state index in [4.69, 9.17) is 4.18 Å². The van der Waals surface area contributed by atoms with E-state index in [2.05, 4.69) is 40.7 Å². The van der Waals surface area contributed by atoms with Gasteiger partial charge in [-0.25, -0.2) is 4.18 Å². The molecule has 4 aliphatic carbocycles. The Morgan fingerprint density at radius 1 is 1.12 bits per heavy atom. The molecule has 0 amide bonds. The van der Waals surface area contributed by atoms with Gasteiger partial charge in [-0.2, -0.15) is 8.42 Å². The van der Waals surface area contributed by atoms with Crippen LogP contribution in [0.2, 0.25) is 0 Å². The van der Waals surface area contributed by atoms with Crippen molar-refractivity contribution in [2.75, 3.05) is 0 Å². The van der Waals surface area contributed by atoms with Gasteiger partial charge in [-0.3, -0.25) is 4.55 Å². The first-order valence-corrected chi connectivity index (χ1v) is 14.8. The third kappa shape index (κ3) is 4.71. The third-order valence-corrected chi connectivity index (χ3v) is 11.1. The molecule has 0 heterocycles. The number of allylic oxidation sites excluding steroid dienone is 1. The van der Waals surface area contributed by atoms with E-state index in [0.717, 1.165) is 36.2 Å². The summed E-state index contributed by atoms with van der Waals surface area (Å²) in [5, 5.41) is 10.4. The van der Waals surface area contributed by atoms with Gasteiger partial charge in [0.25, 0.3) is 0 Å². The molecule has 2 N–H and O–H groups in total. The Bertz CT molecular complexity index is 851. The van der Waals surface area contributed by atoms with E-state index in [1.54, 1.807) is 0 Å². The fourth-order valence-electron chi connectivity index (χ4n) is 8.99. The molecule has 0 aromatic carbocycles. The molecular weight excluding hydrogens is 436 g/mol. The van der Waals surface area contributed by atoms with Crippen LogP contribution in [0, 0.1) is 46.3 Å². The van der Waals surface area contributed by atoms with Crippen molar-refractivity contribution in [1.29, 1.82) is 0 Å². The molecule has 4 aliphatic rings. The quantitative estimate of drug-likeness (QED) is 0.334. The Morgan fingerprint density at radius 2 is 1.85 bits per heavy atom. The van der Waals surface area contributed by atoms with Crippen LogP contribution in [0.4, 0.5) is 0 Å². The molecule has 0 radical (unpaired) electrons. The van der Waals surface area contributed by atoms with E-state index >= 15 is 0 Å². The highest BCUT2D eigenvalue weighted by Crippen LogP contribution is 2.67. The summed E-state index contributed by atoms with van der Waals surface area (Å²) >= 11 is 0. The lowest BCUT2D eigenvalue weighted by molar-refractivity contribution is -0.100. The molecule has 0 aliphatic heterocycles. The minimum absolute atomic E-state index is 0.258. The van der Waals surface area contributed by atoms with E-state index in [1.165, 1.54) is 38.5 Å². The summed E-state index contributed by atoms with van der Waals surface area (Å²) in [5.74, 6) is 3.81. The predicted octanol–water partition coefficient (Wildman–Crippen LogP) is 6.19. The number of aliphatic hydroxyl groups excluding tert-OH is 1. The standard InChI is InChI=1S/C27H46O5S/c1-17(2)7-6-8-18(3)22-11-12-23-21-10-9-19-15-20(28)16-25(32-33(29,30)31)27(19,5)24(21)13-14-26(22,23)4/h9,17-18,20-25,28H,6-8,10-16H2,1-5H3,(H,29,30,31)/t18-,20-,21+,22-,23+,24+,25?,26-,27+/m1/s1. The van der Waals surface area contributed by atoms with Crippen molar-refractivity contribution >= 4 is 10.4 Å². The minimum atomic E-state index is -4.58. The summed E-state index contributed by atoms with van der Waals surface area (Å²) in [6, 6.07) is 0. The normalized spacial score (nSPS) is 44.1. The van der Waals surface area contributed by atoms with Gasteiger partial charge in [0.05, 0.1) is 12.2 Å². The molecule has 0 bridgehead atoms. The summed E-state index contributed by atoms with van der Waals surface area (Å²) in [4.78, 5) is 0. The summed E-state index contributed by atoms with van der Waals surface area (Å²) < 4.78 is 38.1. The van der Waals surface area contributed by atoms with Crippen LogP contribution in [0.5, 0.6) is 0 Å². The lowest BCUT2D eigenvalue weighted by atomic mass is 9.46. The van der Waals surface area contributed by atoms with E-state index in [-0.39, 0.29) is 6.42 Å². The number of fused-ring (bicyclic) bond motifs is 5. The van der Waals surface area contributed by atoms with E-state index in [9.17, 15) is 18.1 Å². The molecule has 0 aromatic rings. The molecule has 0 saturated heterocycles. The molecule has 3 fully saturated rings. The summed E-state index contributed by atoms with van der Waals surface area (Å²) in [5.41, 5.74) is 1.05. The molecule has 0 spiro atoms. The van der Waals surface area contributed by atoms with Crippen LogP contribution in [-0.4, -0.2) is 30.3 Å². The predicted molar refractivity (Wildman–Crippen MR) is 131 cm³/mol. The van der Waals surface area contributed by atoms with E-state index in [1.807, 2.05) is 0 Å². The fourth-order valence-corrected chi connectivity index (χ4v) is 9.56. The molecule has 5 nitrogen and oxygen atoms in total. The van der Waals surface area contributed by atoms with Crippen molar-refractivity contribution in [2.45, 2.75) is 111 Å². The van der Waals surface area contributed by atoms with Gasteiger partial charge in [0.15, 0.2) is 0 Å². The number of hydrogen-bond donors (Lipinski definition) is 2. The Morgan fingerprint density at radius 3 is 2.52 bits per heavy atom. The lowest BCUT2D eigenvalue weighted by Gasteiger charge is -2.59. The van der Waals surface area contributed by atoms with Crippen LogP contribution >= 0.6 is 0 Å². The summed E-state index contributed by atoms with van der Waals surface area (Å²) in [7, 11) is -4.58. The largest absolute Gasteiger partial charge is 0.397 e. The second-order valence-electron chi connectivity index (χ2n) is 12.8. The van der Waals surface area contributed by atoms with Crippen LogP contribution in [0.3, 0.4) is 0 Å².